The van der Waals surface area contributed by atoms with Gasteiger partial charge in [-0.1, -0.05) is 11.6 Å². The number of aromatic nitrogens is 2. The summed E-state index contributed by atoms with van der Waals surface area (Å²) in [6.45, 7) is -0.123. The lowest BCUT2D eigenvalue weighted by atomic mass is 10.1. The highest BCUT2D eigenvalue weighted by Gasteiger charge is 2.24. The molecule has 0 radical (unpaired) electrons. The van der Waals surface area contributed by atoms with Gasteiger partial charge in [-0.2, -0.15) is 0 Å². The molecule has 0 aromatic carbocycles. The van der Waals surface area contributed by atoms with Crippen molar-refractivity contribution in [1.82, 2.24) is 9.72 Å². The number of rotatable bonds is 3. The molecule has 2 rings (SSSR count). The molecule has 7 heteroatoms. The Kier molecular flexibility index (Phi) is 3.02. The molecule has 0 unspecified atom stereocenters. The molecule has 16 heavy (non-hydrogen) atoms. The molecule has 88 valence electrons. The fourth-order valence-electron chi connectivity index (χ4n) is 2.13. The van der Waals surface area contributed by atoms with Crippen LogP contribution in [0.15, 0.2) is 9.32 Å². The van der Waals surface area contributed by atoms with E-state index in [-0.39, 0.29) is 17.5 Å². The Morgan fingerprint density at radius 1 is 1.56 bits per heavy atom. The van der Waals surface area contributed by atoms with Crippen molar-refractivity contribution in [2.45, 2.75) is 38.1 Å². The third kappa shape index (κ3) is 2.12. The molecule has 0 aliphatic carbocycles. The van der Waals surface area contributed by atoms with Gasteiger partial charge in [0, 0.05) is 23.8 Å². The third-order valence-corrected chi connectivity index (χ3v) is 2.90. The lowest BCUT2D eigenvalue weighted by Gasteiger charge is -2.12. The first kappa shape index (κ1) is 10.8. The standard InChI is InChI=1S/C9H13N3O4/c13-9-12-7(5-6-11(14)15)3-1-2-4-8(12)10-16-9/h7H,1-6H2/t7-/m1/s1. The van der Waals surface area contributed by atoms with Crippen molar-refractivity contribution in [3.63, 3.8) is 0 Å². The number of nitrogens with zero attached hydrogens (tertiary/aromatic N) is 3. The molecular weight excluding hydrogens is 214 g/mol. The summed E-state index contributed by atoms with van der Waals surface area (Å²) in [6.07, 6.45) is 3.76. The summed E-state index contributed by atoms with van der Waals surface area (Å²) in [7, 11) is 0. The number of hydrogen-bond donors (Lipinski definition) is 0. The molecule has 0 saturated carbocycles. The lowest BCUT2D eigenvalue weighted by Crippen LogP contribution is -2.23. The molecule has 7 nitrogen and oxygen atoms in total. The van der Waals surface area contributed by atoms with Crippen LogP contribution in [0.4, 0.5) is 0 Å². The normalized spacial score (nSPS) is 20.1. The van der Waals surface area contributed by atoms with Gasteiger partial charge in [-0.05, 0) is 12.8 Å². The molecule has 0 spiro atoms. The number of nitro groups is 1. The van der Waals surface area contributed by atoms with Crippen LogP contribution >= 0.6 is 0 Å². The molecule has 0 bridgehead atoms. The van der Waals surface area contributed by atoms with Crippen molar-refractivity contribution in [3.05, 3.63) is 26.5 Å². The fraction of sp³-hybridized carbons (Fsp3) is 0.778. The molecule has 0 N–H and O–H groups in total. The Balaban J connectivity index is 2.21. The Morgan fingerprint density at radius 3 is 3.12 bits per heavy atom. The predicted octanol–water partition coefficient (Wildman–Crippen LogP) is 0.771. The van der Waals surface area contributed by atoms with E-state index < -0.39 is 5.76 Å². The van der Waals surface area contributed by atoms with Gasteiger partial charge in [0.05, 0.1) is 0 Å². The van der Waals surface area contributed by atoms with Crippen LogP contribution in [0.5, 0.6) is 0 Å². The second-order valence-corrected chi connectivity index (χ2v) is 3.98. The van der Waals surface area contributed by atoms with Crippen LogP contribution in [0.1, 0.15) is 37.5 Å². The first-order valence-corrected chi connectivity index (χ1v) is 5.37. The zero-order chi connectivity index (χ0) is 11.5. The molecule has 0 fully saturated rings. The SMILES string of the molecule is O=c1onc2n1[C@@H](CC[N+](=O)[O-])CCCC2. The highest BCUT2D eigenvalue weighted by atomic mass is 16.6. The maximum Gasteiger partial charge on any atom is 0.441 e. The Labute approximate surface area is 91.2 Å². The molecule has 0 amide bonds. The summed E-state index contributed by atoms with van der Waals surface area (Å²) in [5, 5.41) is 14.0. The second-order valence-electron chi connectivity index (χ2n) is 3.98. The fourth-order valence-corrected chi connectivity index (χ4v) is 2.13. The van der Waals surface area contributed by atoms with E-state index >= 15 is 0 Å². The van der Waals surface area contributed by atoms with E-state index in [4.69, 9.17) is 0 Å². The van der Waals surface area contributed by atoms with Gasteiger partial charge >= 0.3 is 5.76 Å². The average Bonchev–Trinajstić information content (AvgIpc) is 2.49. The smallest absolute Gasteiger partial charge is 0.296 e. The van der Waals surface area contributed by atoms with Gasteiger partial charge in [-0.25, -0.2) is 4.79 Å². The largest absolute Gasteiger partial charge is 0.441 e. The van der Waals surface area contributed by atoms with Crippen molar-refractivity contribution in [2.75, 3.05) is 6.54 Å². The Bertz CT molecular complexity index is 436. The van der Waals surface area contributed by atoms with E-state index in [9.17, 15) is 14.9 Å². The van der Waals surface area contributed by atoms with Crippen LogP contribution in [0.2, 0.25) is 0 Å². The molecule has 1 aromatic heterocycles. The molecule has 1 atom stereocenters. The number of aryl methyl sites for hydroxylation is 1. The molecule has 2 heterocycles. The number of hydrogen-bond acceptors (Lipinski definition) is 5. The van der Waals surface area contributed by atoms with Crippen LogP contribution in [-0.2, 0) is 6.42 Å². The number of fused-ring (bicyclic) bond motifs is 1. The summed E-state index contributed by atoms with van der Waals surface area (Å²) in [6, 6.07) is -0.137. The van der Waals surface area contributed by atoms with Gasteiger partial charge in [0.1, 0.15) is 0 Å². The van der Waals surface area contributed by atoms with Crippen molar-refractivity contribution in [1.29, 1.82) is 0 Å². The lowest BCUT2D eigenvalue weighted by molar-refractivity contribution is -0.481. The molecule has 1 aliphatic heterocycles. The van der Waals surface area contributed by atoms with Crippen molar-refractivity contribution in [3.8, 4) is 0 Å². The minimum Gasteiger partial charge on any atom is -0.296 e. The van der Waals surface area contributed by atoms with Crippen molar-refractivity contribution < 1.29 is 9.45 Å². The Morgan fingerprint density at radius 2 is 2.38 bits per heavy atom. The predicted molar refractivity (Wildman–Crippen MR) is 53.8 cm³/mol. The van der Waals surface area contributed by atoms with Gasteiger partial charge in [0.15, 0.2) is 5.82 Å². The Hall–Kier alpha value is -1.66. The molecule has 1 aliphatic rings. The highest BCUT2D eigenvalue weighted by Crippen LogP contribution is 2.23. The van der Waals surface area contributed by atoms with Gasteiger partial charge in [0.2, 0.25) is 6.54 Å². The van der Waals surface area contributed by atoms with Gasteiger partial charge in [-0.15, -0.1) is 0 Å². The zero-order valence-corrected chi connectivity index (χ0v) is 8.79. The summed E-state index contributed by atoms with van der Waals surface area (Å²) in [5.74, 6) is 0.126. The monoisotopic (exact) mass is 227 g/mol. The summed E-state index contributed by atoms with van der Waals surface area (Å²) >= 11 is 0. The molecule has 1 aromatic rings. The van der Waals surface area contributed by atoms with E-state index in [1.165, 1.54) is 4.57 Å². The van der Waals surface area contributed by atoms with Crippen LogP contribution in [0.25, 0.3) is 0 Å². The molecular formula is C9H13N3O4. The maximum atomic E-state index is 11.4. The quantitative estimate of drug-likeness (QED) is 0.561. The first-order valence-electron chi connectivity index (χ1n) is 5.37. The summed E-state index contributed by atoms with van der Waals surface area (Å²) in [4.78, 5) is 21.4. The minimum atomic E-state index is -0.495. The van der Waals surface area contributed by atoms with E-state index in [1.54, 1.807) is 0 Å². The minimum absolute atomic E-state index is 0.123. The van der Waals surface area contributed by atoms with E-state index in [1.807, 2.05) is 0 Å². The maximum absolute atomic E-state index is 11.4. The van der Waals surface area contributed by atoms with Gasteiger partial charge < -0.3 is 0 Å². The summed E-state index contributed by atoms with van der Waals surface area (Å²) in [5.41, 5.74) is 0. The third-order valence-electron chi connectivity index (χ3n) is 2.90. The topological polar surface area (TPSA) is 91.2 Å². The van der Waals surface area contributed by atoms with Crippen LogP contribution in [-0.4, -0.2) is 21.2 Å². The van der Waals surface area contributed by atoms with E-state index in [2.05, 4.69) is 9.68 Å². The van der Waals surface area contributed by atoms with Crippen LogP contribution < -0.4 is 5.76 Å². The van der Waals surface area contributed by atoms with Crippen LogP contribution in [0.3, 0.4) is 0 Å². The molecule has 0 saturated heterocycles. The average molecular weight is 227 g/mol. The summed E-state index contributed by atoms with van der Waals surface area (Å²) < 4.78 is 6.08. The van der Waals surface area contributed by atoms with Crippen molar-refractivity contribution in [2.24, 2.45) is 0 Å². The van der Waals surface area contributed by atoms with Gasteiger partial charge in [0.25, 0.3) is 0 Å². The van der Waals surface area contributed by atoms with Crippen molar-refractivity contribution >= 4 is 0 Å². The van der Waals surface area contributed by atoms with Crippen LogP contribution in [0, 0.1) is 10.1 Å². The van der Waals surface area contributed by atoms with Gasteiger partial charge in [-0.3, -0.25) is 19.2 Å². The highest BCUT2D eigenvalue weighted by molar-refractivity contribution is 4.91. The first-order chi connectivity index (χ1) is 7.68. The van der Waals surface area contributed by atoms with E-state index in [0.717, 1.165) is 19.3 Å². The zero-order valence-electron chi connectivity index (χ0n) is 8.79. The second kappa shape index (κ2) is 4.46. The van der Waals surface area contributed by atoms with E-state index in [0.29, 0.717) is 18.7 Å².